The van der Waals surface area contributed by atoms with Crippen molar-refractivity contribution < 1.29 is 99.6 Å². The Morgan fingerprint density at radius 3 is 2.00 bits per heavy atom. The van der Waals surface area contributed by atoms with Gasteiger partial charge in [0.05, 0.1) is 49.7 Å². The number of carbonyl (C=O) groups excluding carboxylic acids is 1. The summed E-state index contributed by atoms with van der Waals surface area (Å²) in [4.78, 5) is 15.0. The van der Waals surface area contributed by atoms with E-state index in [9.17, 15) is 66.4 Å². The van der Waals surface area contributed by atoms with Crippen molar-refractivity contribution in [2.45, 2.75) is 204 Å². The van der Waals surface area contributed by atoms with E-state index in [-0.39, 0.29) is 30.1 Å². The molecule has 3 saturated heterocycles. The van der Waals surface area contributed by atoms with E-state index in [1.54, 1.807) is 6.92 Å². The number of ether oxygens (including phenoxy) is 6. The Labute approximate surface area is 396 Å². The molecule has 68 heavy (non-hydrogen) atoms. The van der Waals surface area contributed by atoms with E-state index in [2.05, 4.69) is 40.7 Å². The molecule has 3 aliphatic heterocycles. The predicted molar refractivity (Wildman–Crippen MR) is 233 cm³/mol. The first-order valence-electron chi connectivity index (χ1n) is 24.6. The highest BCUT2D eigenvalue weighted by molar-refractivity contribution is 5.79. The Kier molecular flexibility index (Phi) is 14.6. The number of fused-ring (bicyclic) bond motifs is 7. The lowest BCUT2D eigenvalue weighted by Gasteiger charge is -2.72. The first-order valence-corrected chi connectivity index (χ1v) is 24.6. The van der Waals surface area contributed by atoms with E-state index in [0.717, 1.165) is 5.57 Å². The smallest absolute Gasteiger partial charge is 0.315 e. The molecule has 0 aromatic carbocycles. The van der Waals surface area contributed by atoms with Gasteiger partial charge >= 0.3 is 5.97 Å². The third-order valence-corrected chi connectivity index (χ3v) is 19.6. The molecule has 0 aromatic rings. The molecule has 390 valence electrons. The molecule has 8 rings (SSSR count). The second kappa shape index (κ2) is 18.8. The molecule has 5 aliphatic carbocycles. The minimum absolute atomic E-state index is 0.0115. The Bertz CT molecular complexity index is 1860. The summed E-state index contributed by atoms with van der Waals surface area (Å²) in [6.07, 6.45) is -22.3. The fourth-order valence-electron chi connectivity index (χ4n) is 15.4. The molecule has 0 aromatic heterocycles. The normalized spacial score (nSPS) is 57.1. The highest BCUT2D eigenvalue weighted by Crippen LogP contribution is 2.76. The van der Waals surface area contributed by atoms with Crippen LogP contribution in [0.3, 0.4) is 0 Å². The van der Waals surface area contributed by atoms with Gasteiger partial charge in [0.25, 0.3) is 0 Å². The zero-order valence-electron chi connectivity index (χ0n) is 40.1. The van der Waals surface area contributed by atoms with Crippen molar-refractivity contribution in [3.8, 4) is 0 Å². The second-order valence-electron chi connectivity index (χ2n) is 23.1. The molecule has 28 atom stereocenters. The third kappa shape index (κ3) is 7.89. The minimum Gasteiger partial charge on any atom is -0.432 e. The van der Waals surface area contributed by atoms with E-state index in [1.165, 1.54) is 6.92 Å². The summed E-state index contributed by atoms with van der Waals surface area (Å²) in [6.45, 7) is 12.1. The van der Waals surface area contributed by atoms with Gasteiger partial charge in [0.1, 0.15) is 67.1 Å². The van der Waals surface area contributed by atoms with Gasteiger partial charge in [-0.25, -0.2) is 0 Å². The number of hydrogen-bond donors (Lipinski definition) is 13. The highest BCUT2D eigenvalue weighted by atomic mass is 16.8. The summed E-state index contributed by atoms with van der Waals surface area (Å²) in [7, 11) is 0. The number of aliphatic hydroxyl groups excluding tert-OH is 13. The van der Waals surface area contributed by atoms with Crippen molar-refractivity contribution >= 4 is 5.97 Å². The van der Waals surface area contributed by atoms with Gasteiger partial charge in [-0.1, -0.05) is 53.2 Å². The van der Waals surface area contributed by atoms with Crippen LogP contribution in [0, 0.1) is 56.7 Å². The van der Waals surface area contributed by atoms with Crippen LogP contribution in [0.25, 0.3) is 0 Å². The maximum atomic E-state index is 15.0. The molecule has 13 N–H and O–H groups in total. The Morgan fingerprint density at radius 2 is 1.34 bits per heavy atom. The van der Waals surface area contributed by atoms with E-state index in [0.29, 0.717) is 38.5 Å². The van der Waals surface area contributed by atoms with Crippen molar-refractivity contribution in [3.63, 3.8) is 0 Å². The topological polar surface area (TPSA) is 335 Å². The summed E-state index contributed by atoms with van der Waals surface area (Å²) < 4.78 is 34.6. The first kappa shape index (κ1) is 52.8. The minimum atomic E-state index is -1.89. The molecule has 20 nitrogen and oxygen atoms in total. The largest absolute Gasteiger partial charge is 0.432 e. The maximum absolute atomic E-state index is 15.0. The molecule has 0 spiro atoms. The van der Waals surface area contributed by atoms with Gasteiger partial charge in [-0.2, -0.15) is 0 Å². The van der Waals surface area contributed by atoms with Crippen molar-refractivity contribution in [2.75, 3.05) is 19.8 Å². The van der Waals surface area contributed by atoms with Crippen LogP contribution >= 0.6 is 0 Å². The highest BCUT2D eigenvalue weighted by Gasteiger charge is 2.73. The van der Waals surface area contributed by atoms with Gasteiger partial charge in [0, 0.05) is 11.3 Å². The summed E-state index contributed by atoms with van der Waals surface area (Å²) >= 11 is 0. The van der Waals surface area contributed by atoms with Gasteiger partial charge in [-0.05, 0) is 91.8 Å². The molecular formula is C48H78O20. The van der Waals surface area contributed by atoms with Crippen molar-refractivity contribution in [1.29, 1.82) is 0 Å². The molecule has 4 saturated carbocycles. The van der Waals surface area contributed by atoms with Gasteiger partial charge in [0.15, 0.2) is 12.6 Å². The average molecular weight is 975 g/mol. The lowest BCUT2D eigenvalue weighted by molar-refractivity contribution is -0.361. The number of rotatable bonds is 9. The van der Waals surface area contributed by atoms with Gasteiger partial charge in [-0.3, -0.25) is 4.79 Å². The van der Waals surface area contributed by atoms with Crippen molar-refractivity contribution in [3.05, 3.63) is 11.6 Å². The van der Waals surface area contributed by atoms with Crippen LogP contribution in [-0.4, -0.2) is 203 Å². The molecule has 7 fully saturated rings. The molecular weight excluding hydrogens is 897 g/mol. The quantitative estimate of drug-likeness (QED) is 0.0873. The molecule has 1 unspecified atom stereocenters. The zero-order chi connectivity index (χ0) is 50.0. The van der Waals surface area contributed by atoms with Crippen LogP contribution in [-0.2, 0) is 33.2 Å². The van der Waals surface area contributed by atoms with Crippen molar-refractivity contribution in [2.24, 2.45) is 56.7 Å². The average Bonchev–Trinajstić information content (AvgIpc) is 3.29. The van der Waals surface area contributed by atoms with Crippen LogP contribution in [0.5, 0.6) is 0 Å². The van der Waals surface area contributed by atoms with E-state index in [1.807, 2.05) is 0 Å². The molecule has 3 heterocycles. The lowest BCUT2D eigenvalue weighted by atomic mass is 9.32. The Hall–Kier alpha value is -1.51. The fourth-order valence-corrected chi connectivity index (χ4v) is 15.4. The SMILES string of the molecule is C[C@H]1[C@H](C)CC[C@@]2(C(=O)O[C@@H]3O[C@H](CO[C@@H]4O[C@H](CO)[C@@H](O[C@@H]5O[C@@H](C)[C@H](O)[C@@H](O)[C@H]5O)[C@H](O)[C@H]4O)[C@@H](O)[C@H](O)[C@H]3O)CC[C@@]3(C)C(=CC[C@H]4[C@@]5(C)C[C@@H](O)C(O)[C@@](C)(CO)[C@@H]5[C@H](O)C[C@@]43C)[C@@H]12. The maximum Gasteiger partial charge on any atom is 0.315 e. The number of hydrogen-bond acceptors (Lipinski definition) is 20. The lowest BCUT2D eigenvalue weighted by Crippen LogP contribution is -2.71. The number of aliphatic hydroxyl groups is 13. The van der Waals surface area contributed by atoms with Crippen LogP contribution in [0.2, 0.25) is 0 Å². The molecule has 0 amide bonds. The second-order valence-corrected chi connectivity index (χ2v) is 23.1. The fraction of sp³-hybridized carbons (Fsp3) is 0.938. The van der Waals surface area contributed by atoms with Crippen LogP contribution < -0.4 is 0 Å². The van der Waals surface area contributed by atoms with Gasteiger partial charge in [-0.15, -0.1) is 0 Å². The van der Waals surface area contributed by atoms with Gasteiger partial charge < -0.3 is 94.8 Å². The summed E-state index contributed by atoms with van der Waals surface area (Å²) in [5, 5.41) is 142. The Balaban J connectivity index is 0.994. The summed E-state index contributed by atoms with van der Waals surface area (Å²) in [5.41, 5.74) is -2.84. The van der Waals surface area contributed by atoms with Gasteiger partial charge in [0.2, 0.25) is 6.29 Å². The number of carbonyl (C=O) groups is 1. The first-order chi connectivity index (χ1) is 31.8. The summed E-state index contributed by atoms with van der Waals surface area (Å²) in [5.74, 6) is -1.31. The summed E-state index contributed by atoms with van der Waals surface area (Å²) in [6, 6.07) is 0. The van der Waals surface area contributed by atoms with Crippen LogP contribution in [0.4, 0.5) is 0 Å². The molecule has 0 radical (unpaired) electrons. The molecule has 8 aliphatic rings. The number of esters is 1. The standard InChI is InChI=1S/C48H78O20/c1-19-10-11-48(13-12-46(6)22(28(48)20(19)2)8-9-27-44(4)14-24(52)39(61)45(5,18-50)38(44)23(51)15-47(27,46)7)43(62)68-42-35(59)32(56)30(54)26(66-42)17-63-40-36(60)33(57)37(25(16-49)65-40)67-41-34(58)31(55)29(53)21(3)64-41/h8,19-21,23-42,49-61H,9-18H2,1-7H3/t19-,20+,21+,23-,24-,25-,26-,27+,28-,29+,30-,31-,32+,33-,34-,35-,36-,37-,38-,39?,40-,41+,42+,44-,45+,46+,47+,48-/m1/s1. The molecule has 0 bridgehead atoms. The number of allylic oxidation sites excluding steroid dienone is 2. The third-order valence-electron chi connectivity index (χ3n) is 19.6. The van der Waals surface area contributed by atoms with Crippen LogP contribution in [0.1, 0.15) is 93.4 Å². The van der Waals surface area contributed by atoms with Crippen LogP contribution in [0.15, 0.2) is 11.6 Å². The monoisotopic (exact) mass is 975 g/mol. The van der Waals surface area contributed by atoms with E-state index in [4.69, 9.17) is 28.4 Å². The zero-order valence-corrected chi connectivity index (χ0v) is 40.1. The van der Waals surface area contributed by atoms with E-state index >= 15 is 4.79 Å². The van der Waals surface area contributed by atoms with Crippen molar-refractivity contribution in [1.82, 2.24) is 0 Å². The Morgan fingerprint density at radius 1 is 0.706 bits per heavy atom. The van der Waals surface area contributed by atoms with E-state index < -0.39 is 169 Å². The molecule has 20 heteroatoms. The predicted octanol–water partition coefficient (Wildman–Crippen LogP) is -2.06.